The van der Waals surface area contributed by atoms with E-state index in [9.17, 15) is 18.3 Å². The van der Waals surface area contributed by atoms with Gasteiger partial charge >= 0.3 is 6.18 Å². The third-order valence-corrected chi connectivity index (χ3v) is 8.30. The summed E-state index contributed by atoms with van der Waals surface area (Å²) < 4.78 is 49.7. The van der Waals surface area contributed by atoms with Crippen molar-refractivity contribution >= 4 is 39.8 Å². The monoisotopic (exact) mass is 623 g/mol. The predicted molar refractivity (Wildman–Crippen MR) is 160 cm³/mol. The van der Waals surface area contributed by atoms with E-state index in [1.807, 2.05) is 37.1 Å². The van der Waals surface area contributed by atoms with Gasteiger partial charge in [0, 0.05) is 36.3 Å². The third-order valence-electron chi connectivity index (χ3n) is 7.26. The van der Waals surface area contributed by atoms with Gasteiger partial charge in [-0.25, -0.2) is 15.0 Å². The molecule has 0 amide bonds. The van der Waals surface area contributed by atoms with Gasteiger partial charge in [0.1, 0.15) is 17.0 Å². The Morgan fingerprint density at radius 1 is 1.10 bits per heavy atom. The SMILES string of the molecule is CCOc1cc(-c2ccc(CN[C@H]3C[C@@H](O)[C@@H](N(C)c4ncnc5sc(CC(F)(F)F)cc45)C3)cc2)cnc1OC.Cl. The molecule has 3 atom stereocenters. The van der Waals surface area contributed by atoms with Crippen molar-refractivity contribution in [3.8, 4) is 22.8 Å². The number of thiophene rings is 1. The van der Waals surface area contributed by atoms with E-state index in [4.69, 9.17) is 9.47 Å². The van der Waals surface area contributed by atoms with Gasteiger partial charge in [-0.05, 0) is 43.0 Å². The Morgan fingerprint density at radius 3 is 2.55 bits per heavy atom. The van der Waals surface area contributed by atoms with Crippen LogP contribution in [0.2, 0.25) is 0 Å². The maximum absolute atomic E-state index is 12.9. The first-order valence-electron chi connectivity index (χ1n) is 13.4. The zero-order valence-electron chi connectivity index (χ0n) is 23.4. The average molecular weight is 624 g/mol. The van der Waals surface area contributed by atoms with Crippen LogP contribution in [-0.4, -0.2) is 65.2 Å². The lowest BCUT2D eigenvalue weighted by Crippen LogP contribution is -2.38. The fourth-order valence-corrected chi connectivity index (χ4v) is 6.29. The molecule has 0 radical (unpaired) electrons. The van der Waals surface area contributed by atoms with Gasteiger partial charge in [0.15, 0.2) is 5.75 Å². The minimum atomic E-state index is -4.29. The number of methoxy groups -OCH3 is 1. The number of aliphatic hydroxyl groups is 1. The maximum atomic E-state index is 12.9. The molecule has 42 heavy (non-hydrogen) atoms. The van der Waals surface area contributed by atoms with Crippen LogP contribution in [0.25, 0.3) is 21.3 Å². The Hall–Kier alpha value is -3.19. The number of hydrogen-bond acceptors (Lipinski definition) is 9. The van der Waals surface area contributed by atoms with Gasteiger partial charge < -0.3 is 24.8 Å². The lowest BCUT2D eigenvalue weighted by molar-refractivity contribution is -0.126. The Labute approximate surface area is 252 Å². The highest BCUT2D eigenvalue weighted by Crippen LogP contribution is 2.36. The van der Waals surface area contributed by atoms with Crippen LogP contribution in [-0.2, 0) is 13.0 Å². The molecule has 1 aliphatic carbocycles. The van der Waals surface area contributed by atoms with Crippen molar-refractivity contribution in [1.82, 2.24) is 20.3 Å². The summed E-state index contributed by atoms with van der Waals surface area (Å²) in [6, 6.07) is 11.4. The predicted octanol–water partition coefficient (Wildman–Crippen LogP) is 5.81. The smallest absolute Gasteiger partial charge is 0.393 e. The Bertz CT molecular complexity index is 1490. The van der Waals surface area contributed by atoms with Crippen LogP contribution < -0.4 is 19.7 Å². The number of nitrogens with one attached hydrogen (secondary N) is 1. The van der Waals surface area contributed by atoms with E-state index in [1.165, 1.54) is 12.4 Å². The zero-order chi connectivity index (χ0) is 29.1. The third kappa shape index (κ3) is 7.23. The average Bonchev–Trinajstić information content (AvgIpc) is 3.53. The highest BCUT2D eigenvalue weighted by Gasteiger charge is 2.37. The number of hydrogen-bond donors (Lipinski definition) is 2. The first kappa shape index (κ1) is 31.7. The number of alkyl halides is 3. The summed E-state index contributed by atoms with van der Waals surface area (Å²) in [5.74, 6) is 1.58. The molecule has 4 aromatic rings. The fraction of sp³-hybridized carbons (Fsp3) is 0.414. The second-order valence-corrected chi connectivity index (χ2v) is 11.2. The Kier molecular flexibility index (Phi) is 10.1. The van der Waals surface area contributed by atoms with Crippen molar-refractivity contribution in [2.24, 2.45) is 0 Å². The van der Waals surface area contributed by atoms with Crippen molar-refractivity contribution in [1.29, 1.82) is 0 Å². The van der Waals surface area contributed by atoms with Crippen LogP contribution in [0.5, 0.6) is 11.6 Å². The van der Waals surface area contributed by atoms with Crippen LogP contribution in [0.3, 0.4) is 0 Å². The molecule has 13 heteroatoms. The minimum Gasteiger partial charge on any atom is -0.488 e. The molecule has 1 aromatic carbocycles. The van der Waals surface area contributed by atoms with Crippen LogP contribution in [0.1, 0.15) is 30.2 Å². The van der Waals surface area contributed by atoms with E-state index in [1.54, 1.807) is 13.3 Å². The molecule has 0 spiro atoms. The van der Waals surface area contributed by atoms with Gasteiger partial charge in [-0.1, -0.05) is 24.3 Å². The summed E-state index contributed by atoms with van der Waals surface area (Å²) in [5, 5.41) is 15.0. The molecular weight excluding hydrogens is 591 g/mol. The minimum absolute atomic E-state index is 0. The Balaban J connectivity index is 0.00000405. The molecule has 226 valence electrons. The number of fused-ring (bicyclic) bond motifs is 1. The molecule has 3 heterocycles. The van der Waals surface area contributed by atoms with Crippen molar-refractivity contribution in [2.75, 3.05) is 25.7 Å². The summed E-state index contributed by atoms with van der Waals surface area (Å²) in [6.07, 6.45) is -1.56. The number of anilines is 1. The summed E-state index contributed by atoms with van der Waals surface area (Å²) in [4.78, 5) is 15.4. The van der Waals surface area contributed by atoms with E-state index in [-0.39, 0.29) is 29.4 Å². The van der Waals surface area contributed by atoms with Crippen molar-refractivity contribution in [2.45, 2.75) is 57.1 Å². The first-order chi connectivity index (χ1) is 19.6. The molecule has 0 bridgehead atoms. The van der Waals surface area contributed by atoms with E-state index in [0.29, 0.717) is 53.7 Å². The summed E-state index contributed by atoms with van der Waals surface area (Å²) in [7, 11) is 3.38. The van der Waals surface area contributed by atoms with E-state index < -0.39 is 18.7 Å². The maximum Gasteiger partial charge on any atom is 0.393 e. The van der Waals surface area contributed by atoms with Crippen molar-refractivity contribution in [3.63, 3.8) is 0 Å². The quantitative estimate of drug-likeness (QED) is 0.229. The largest absolute Gasteiger partial charge is 0.488 e. The second-order valence-electron chi connectivity index (χ2n) is 10.1. The lowest BCUT2D eigenvalue weighted by atomic mass is 10.1. The number of pyridine rings is 1. The van der Waals surface area contributed by atoms with E-state index >= 15 is 0 Å². The molecule has 1 fully saturated rings. The molecular formula is C29H33ClF3N5O3S. The van der Waals surface area contributed by atoms with Gasteiger partial charge in [-0.3, -0.25) is 0 Å². The topological polar surface area (TPSA) is 92.6 Å². The van der Waals surface area contributed by atoms with Gasteiger partial charge in [-0.2, -0.15) is 13.2 Å². The molecule has 1 aliphatic rings. The summed E-state index contributed by atoms with van der Waals surface area (Å²) in [5.41, 5.74) is 3.03. The number of benzene rings is 1. The number of rotatable bonds is 10. The van der Waals surface area contributed by atoms with E-state index in [0.717, 1.165) is 28.0 Å². The summed E-state index contributed by atoms with van der Waals surface area (Å²) in [6.45, 7) is 3.05. The highest BCUT2D eigenvalue weighted by atomic mass is 35.5. The van der Waals surface area contributed by atoms with Gasteiger partial charge in [0.2, 0.25) is 0 Å². The second kappa shape index (κ2) is 13.4. The standard InChI is InChI=1S/C29H32F3N5O3S.ClH/c1-4-40-25-9-19(15-34-27(25)39-3)18-7-5-17(6-8-18)14-33-20-10-23(24(38)11-20)37(2)26-22-12-21(13-29(30,31)32)41-28(22)36-16-35-26;/h5-9,12,15-16,20,23-24,33,38H,4,10-11,13-14H2,1-3H3;1H/t20-,23+,24-;/m1./s1. The summed E-state index contributed by atoms with van der Waals surface area (Å²) >= 11 is 1.02. The number of nitrogens with zero attached hydrogens (tertiary/aromatic N) is 4. The molecule has 1 saturated carbocycles. The van der Waals surface area contributed by atoms with Crippen LogP contribution in [0.15, 0.2) is 48.9 Å². The fourth-order valence-electron chi connectivity index (χ4n) is 5.27. The Morgan fingerprint density at radius 2 is 1.86 bits per heavy atom. The number of ether oxygens (including phenoxy) is 2. The molecule has 0 saturated heterocycles. The lowest BCUT2D eigenvalue weighted by Gasteiger charge is -2.28. The molecule has 0 aliphatic heterocycles. The first-order valence-corrected chi connectivity index (χ1v) is 14.2. The van der Waals surface area contributed by atoms with Crippen molar-refractivity contribution in [3.05, 3.63) is 59.4 Å². The van der Waals surface area contributed by atoms with Gasteiger partial charge in [0.05, 0.1) is 37.7 Å². The van der Waals surface area contributed by atoms with Gasteiger partial charge in [0.25, 0.3) is 5.88 Å². The molecule has 5 rings (SSSR count). The zero-order valence-corrected chi connectivity index (χ0v) is 25.0. The van der Waals surface area contributed by atoms with E-state index in [2.05, 4.69) is 32.4 Å². The number of aromatic nitrogens is 3. The number of halogens is 4. The highest BCUT2D eigenvalue weighted by molar-refractivity contribution is 7.18. The normalized spacial score (nSPS) is 18.6. The molecule has 3 aromatic heterocycles. The molecule has 2 N–H and O–H groups in total. The van der Waals surface area contributed by atoms with Gasteiger partial charge in [-0.15, -0.1) is 23.7 Å². The molecule has 8 nitrogen and oxygen atoms in total. The number of aliphatic hydroxyl groups excluding tert-OH is 1. The van der Waals surface area contributed by atoms with Crippen molar-refractivity contribution < 1.29 is 27.8 Å². The number of likely N-dealkylation sites (N-methyl/N-ethyl adjacent to an activating group) is 1. The van der Waals surface area contributed by atoms with Crippen LogP contribution in [0.4, 0.5) is 19.0 Å². The van der Waals surface area contributed by atoms with Crippen LogP contribution in [0, 0.1) is 0 Å². The van der Waals surface area contributed by atoms with Crippen LogP contribution >= 0.6 is 23.7 Å². The molecule has 0 unspecified atom stereocenters.